The van der Waals surface area contributed by atoms with Gasteiger partial charge in [-0.15, -0.1) is 0 Å². The highest BCUT2D eigenvalue weighted by Crippen LogP contribution is 2.13. The number of aryl methyl sites for hydroxylation is 1. The Bertz CT molecular complexity index is 593. The van der Waals surface area contributed by atoms with Crippen molar-refractivity contribution < 1.29 is 14.6 Å². The van der Waals surface area contributed by atoms with E-state index < -0.39 is 5.97 Å². The SMILES string of the molecule is CCOC(=O)c1cnn(-c2ncc(CO)cc2C)c1. The highest BCUT2D eigenvalue weighted by Gasteiger charge is 2.12. The predicted molar refractivity (Wildman–Crippen MR) is 68.0 cm³/mol. The van der Waals surface area contributed by atoms with E-state index in [1.807, 2.05) is 13.0 Å². The summed E-state index contributed by atoms with van der Waals surface area (Å²) in [6, 6.07) is 1.83. The van der Waals surface area contributed by atoms with Crippen molar-refractivity contribution in [2.75, 3.05) is 6.61 Å². The van der Waals surface area contributed by atoms with Crippen LogP contribution in [0.2, 0.25) is 0 Å². The van der Waals surface area contributed by atoms with Crippen LogP contribution in [0.5, 0.6) is 0 Å². The fraction of sp³-hybridized carbons (Fsp3) is 0.308. The Kier molecular flexibility index (Phi) is 3.91. The van der Waals surface area contributed by atoms with Crippen LogP contribution >= 0.6 is 0 Å². The average Bonchev–Trinajstić information content (AvgIpc) is 2.88. The summed E-state index contributed by atoms with van der Waals surface area (Å²) in [4.78, 5) is 15.8. The average molecular weight is 261 g/mol. The molecule has 0 amide bonds. The normalized spacial score (nSPS) is 10.5. The minimum absolute atomic E-state index is 0.0543. The number of aliphatic hydroxyl groups is 1. The largest absolute Gasteiger partial charge is 0.462 e. The Morgan fingerprint density at radius 2 is 2.26 bits per heavy atom. The van der Waals surface area contributed by atoms with Gasteiger partial charge in [0.2, 0.25) is 0 Å². The maximum atomic E-state index is 11.5. The molecule has 0 fully saturated rings. The highest BCUT2D eigenvalue weighted by molar-refractivity contribution is 5.88. The molecule has 2 rings (SSSR count). The molecule has 0 aliphatic heterocycles. The zero-order valence-electron chi connectivity index (χ0n) is 10.8. The third-order valence-corrected chi connectivity index (χ3v) is 2.60. The van der Waals surface area contributed by atoms with E-state index in [-0.39, 0.29) is 6.61 Å². The molecule has 6 heteroatoms. The van der Waals surface area contributed by atoms with E-state index in [4.69, 9.17) is 9.84 Å². The maximum absolute atomic E-state index is 11.5. The first kappa shape index (κ1) is 13.2. The lowest BCUT2D eigenvalue weighted by Crippen LogP contribution is -2.04. The number of aliphatic hydroxyl groups excluding tert-OH is 1. The van der Waals surface area contributed by atoms with Gasteiger partial charge >= 0.3 is 5.97 Å². The second-order valence-corrected chi connectivity index (χ2v) is 4.04. The lowest BCUT2D eigenvalue weighted by atomic mass is 10.2. The summed E-state index contributed by atoms with van der Waals surface area (Å²) in [7, 11) is 0. The van der Waals surface area contributed by atoms with Gasteiger partial charge in [0.05, 0.1) is 25.0 Å². The van der Waals surface area contributed by atoms with Crippen LogP contribution < -0.4 is 0 Å². The van der Waals surface area contributed by atoms with Crippen molar-refractivity contribution in [1.29, 1.82) is 0 Å². The van der Waals surface area contributed by atoms with Crippen molar-refractivity contribution in [2.24, 2.45) is 0 Å². The van der Waals surface area contributed by atoms with Crippen molar-refractivity contribution in [3.8, 4) is 5.82 Å². The van der Waals surface area contributed by atoms with E-state index in [2.05, 4.69) is 10.1 Å². The molecule has 0 unspecified atom stereocenters. The number of pyridine rings is 1. The third-order valence-electron chi connectivity index (χ3n) is 2.60. The van der Waals surface area contributed by atoms with E-state index in [0.29, 0.717) is 18.0 Å². The van der Waals surface area contributed by atoms with Crippen LogP contribution in [-0.4, -0.2) is 32.4 Å². The third kappa shape index (κ3) is 2.79. The van der Waals surface area contributed by atoms with Crippen LogP contribution in [0.1, 0.15) is 28.4 Å². The molecular formula is C13H15N3O3. The number of carbonyl (C=O) groups is 1. The zero-order valence-corrected chi connectivity index (χ0v) is 10.8. The minimum atomic E-state index is -0.404. The molecule has 2 aromatic rings. The minimum Gasteiger partial charge on any atom is -0.462 e. The molecule has 100 valence electrons. The first-order valence-corrected chi connectivity index (χ1v) is 5.94. The molecule has 0 aliphatic carbocycles. The fourth-order valence-electron chi connectivity index (χ4n) is 1.71. The summed E-state index contributed by atoms with van der Waals surface area (Å²) in [6.07, 6.45) is 4.60. The van der Waals surface area contributed by atoms with Gasteiger partial charge in [-0.05, 0) is 31.0 Å². The lowest BCUT2D eigenvalue weighted by Gasteiger charge is -2.05. The molecule has 0 saturated carbocycles. The van der Waals surface area contributed by atoms with Crippen LogP contribution in [0.15, 0.2) is 24.7 Å². The van der Waals surface area contributed by atoms with Crippen molar-refractivity contribution in [2.45, 2.75) is 20.5 Å². The van der Waals surface area contributed by atoms with Crippen LogP contribution in [0.3, 0.4) is 0 Å². The fourth-order valence-corrected chi connectivity index (χ4v) is 1.71. The van der Waals surface area contributed by atoms with Gasteiger partial charge in [0.1, 0.15) is 0 Å². The lowest BCUT2D eigenvalue weighted by molar-refractivity contribution is 0.0526. The summed E-state index contributed by atoms with van der Waals surface area (Å²) in [5.74, 6) is 0.214. The van der Waals surface area contributed by atoms with E-state index in [1.165, 1.54) is 10.9 Å². The van der Waals surface area contributed by atoms with Crippen molar-refractivity contribution >= 4 is 5.97 Å². The van der Waals surface area contributed by atoms with Gasteiger partial charge in [-0.1, -0.05) is 0 Å². The molecule has 0 bridgehead atoms. The second kappa shape index (κ2) is 5.62. The summed E-state index contributed by atoms with van der Waals surface area (Å²) in [5.41, 5.74) is 1.98. The van der Waals surface area contributed by atoms with Crippen molar-refractivity contribution in [3.63, 3.8) is 0 Å². The van der Waals surface area contributed by atoms with Crippen LogP contribution in [0, 0.1) is 6.92 Å². The van der Waals surface area contributed by atoms with Gasteiger partial charge in [-0.3, -0.25) is 0 Å². The van der Waals surface area contributed by atoms with Crippen LogP contribution in [0.25, 0.3) is 5.82 Å². The molecule has 0 saturated heterocycles. The highest BCUT2D eigenvalue weighted by atomic mass is 16.5. The molecule has 0 aliphatic rings. The Morgan fingerprint density at radius 3 is 2.89 bits per heavy atom. The molecule has 2 aromatic heterocycles. The van der Waals surface area contributed by atoms with E-state index in [9.17, 15) is 4.79 Å². The van der Waals surface area contributed by atoms with Gasteiger partial charge in [0.25, 0.3) is 0 Å². The van der Waals surface area contributed by atoms with Gasteiger partial charge in [0, 0.05) is 12.4 Å². The number of ether oxygens (including phenoxy) is 1. The number of hydrogen-bond donors (Lipinski definition) is 1. The number of hydrogen-bond acceptors (Lipinski definition) is 5. The number of rotatable bonds is 4. The van der Waals surface area contributed by atoms with Gasteiger partial charge in [-0.25, -0.2) is 14.5 Å². The molecule has 1 N–H and O–H groups in total. The van der Waals surface area contributed by atoms with E-state index in [1.54, 1.807) is 19.3 Å². The second-order valence-electron chi connectivity index (χ2n) is 4.04. The molecule has 0 aromatic carbocycles. The Morgan fingerprint density at radius 1 is 1.47 bits per heavy atom. The molecule has 0 atom stereocenters. The Hall–Kier alpha value is -2.21. The number of aromatic nitrogens is 3. The van der Waals surface area contributed by atoms with Gasteiger partial charge < -0.3 is 9.84 Å². The number of esters is 1. The summed E-state index contributed by atoms with van der Waals surface area (Å²) < 4.78 is 6.41. The summed E-state index contributed by atoms with van der Waals surface area (Å²) in [5, 5.41) is 13.1. The zero-order chi connectivity index (χ0) is 13.8. The Balaban J connectivity index is 2.30. The first-order chi connectivity index (χ1) is 9.15. The maximum Gasteiger partial charge on any atom is 0.341 e. The van der Waals surface area contributed by atoms with Gasteiger partial charge in [0.15, 0.2) is 5.82 Å². The van der Waals surface area contributed by atoms with Crippen molar-refractivity contribution in [1.82, 2.24) is 14.8 Å². The topological polar surface area (TPSA) is 77.2 Å². The molecule has 0 spiro atoms. The number of carbonyl (C=O) groups excluding carboxylic acids is 1. The molecule has 0 radical (unpaired) electrons. The molecule has 6 nitrogen and oxygen atoms in total. The molecule has 19 heavy (non-hydrogen) atoms. The summed E-state index contributed by atoms with van der Waals surface area (Å²) in [6.45, 7) is 3.89. The first-order valence-electron chi connectivity index (χ1n) is 5.94. The Labute approximate surface area is 110 Å². The van der Waals surface area contributed by atoms with Crippen LogP contribution in [0.4, 0.5) is 0 Å². The molecular weight excluding hydrogens is 246 g/mol. The predicted octanol–water partition coefficient (Wildman–Crippen LogP) is 1.24. The smallest absolute Gasteiger partial charge is 0.341 e. The standard InChI is InChI=1S/C13H15N3O3/c1-3-19-13(18)11-6-15-16(7-11)12-9(2)4-10(8-17)5-14-12/h4-7,17H,3,8H2,1-2H3. The quantitative estimate of drug-likeness (QED) is 0.838. The van der Waals surface area contributed by atoms with E-state index >= 15 is 0 Å². The summed E-state index contributed by atoms with van der Waals surface area (Å²) >= 11 is 0. The monoisotopic (exact) mass is 261 g/mol. The van der Waals surface area contributed by atoms with Crippen molar-refractivity contribution in [3.05, 3.63) is 41.3 Å². The molecule has 2 heterocycles. The van der Waals surface area contributed by atoms with E-state index in [0.717, 1.165) is 11.1 Å². The van der Waals surface area contributed by atoms with Crippen LogP contribution in [-0.2, 0) is 11.3 Å². The number of nitrogens with zero attached hydrogens (tertiary/aromatic N) is 3. The van der Waals surface area contributed by atoms with Gasteiger partial charge in [-0.2, -0.15) is 5.10 Å².